The number of amides is 2. The Hall–Kier alpha value is -2.96. The minimum Gasteiger partial charge on any atom is -0.493 e. The van der Waals surface area contributed by atoms with E-state index in [4.69, 9.17) is 13.9 Å². The molecule has 0 bridgehead atoms. The lowest BCUT2D eigenvalue weighted by Gasteiger charge is -2.34. The minimum absolute atomic E-state index is 0.0151. The fourth-order valence-corrected chi connectivity index (χ4v) is 3.02. The zero-order valence-electron chi connectivity index (χ0n) is 15.8. The number of rotatable bonds is 5. The lowest BCUT2D eigenvalue weighted by Crippen LogP contribution is -2.50. The molecule has 144 valence electrons. The molecule has 0 N–H and O–H groups in total. The molecule has 0 radical (unpaired) electrons. The van der Waals surface area contributed by atoms with Gasteiger partial charge in [0.05, 0.1) is 25.0 Å². The highest BCUT2D eigenvalue weighted by Crippen LogP contribution is 2.29. The average molecular weight is 372 g/mol. The molecule has 2 heterocycles. The molecule has 1 aromatic carbocycles. The Labute approximate surface area is 158 Å². The Morgan fingerprint density at radius 1 is 0.963 bits per heavy atom. The van der Waals surface area contributed by atoms with Crippen LogP contribution in [0.1, 0.15) is 34.6 Å². The van der Waals surface area contributed by atoms with Crippen molar-refractivity contribution in [2.75, 3.05) is 33.3 Å². The molecule has 7 nitrogen and oxygen atoms in total. The first kappa shape index (κ1) is 18.8. The molecule has 3 rings (SSSR count). The molecule has 2 amide bonds. The summed E-state index contributed by atoms with van der Waals surface area (Å²) in [5.41, 5.74) is 1.07. The van der Waals surface area contributed by atoms with Gasteiger partial charge in [-0.05, 0) is 38.1 Å². The largest absolute Gasteiger partial charge is 0.493 e. The van der Waals surface area contributed by atoms with Gasteiger partial charge in [-0.15, -0.1) is 0 Å². The van der Waals surface area contributed by atoms with E-state index in [0.29, 0.717) is 48.8 Å². The molecule has 1 aliphatic rings. The second-order valence-electron chi connectivity index (χ2n) is 6.63. The number of hydrogen-bond donors (Lipinski definition) is 0. The Kier molecular flexibility index (Phi) is 5.69. The second-order valence-corrected chi connectivity index (χ2v) is 6.63. The van der Waals surface area contributed by atoms with Crippen molar-refractivity contribution >= 4 is 11.8 Å². The number of methoxy groups -OCH3 is 1. The van der Waals surface area contributed by atoms with Crippen LogP contribution in [0.5, 0.6) is 11.5 Å². The number of carbonyl (C=O) groups excluding carboxylic acids is 2. The van der Waals surface area contributed by atoms with E-state index in [1.54, 1.807) is 41.2 Å². The van der Waals surface area contributed by atoms with Crippen LogP contribution in [0, 0.1) is 0 Å². The smallest absolute Gasteiger partial charge is 0.257 e. The van der Waals surface area contributed by atoms with Gasteiger partial charge in [0.1, 0.15) is 6.26 Å². The van der Waals surface area contributed by atoms with Gasteiger partial charge in [-0.1, -0.05) is 0 Å². The van der Waals surface area contributed by atoms with Crippen molar-refractivity contribution in [1.82, 2.24) is 9.80 Å². The van der Waals surface area contributed by atoms with Crippen molar-refractivity contribution in [2.24, 2.45) is 0 Å². The van der Waals surface area contributed by atoms with Crippen molar-refractivity contribution in [3.05, 3.63) is 47.9 Å². The van der Waals surface area contributed by atoms with Crippen LogP contribution in [0.4, 0.5) is 0 Å². The zero-order valence-corrected chi connectivity index (χ0v) is 15.8. The van der Waals surface area contributed by atoms with Crippen molar-refractivity contribution in [1.29, 1.82) is 0 Å². The van der Waals surface area contributed by atoms with E-state index < -0.39 is 0 Å². The SMILES string of the molecule is COc1cc(C(=O)N2CCN(C(=O)c3ccoc3)CC2)ccc1OC(C)C. The van der Waals surface area contributed by atoms with Crippen LogP contribution in [0.3, 0.4) is 0 Å². The predicted molar refractivity (Wildman–Crippen MR) is 99.3 cm³/mol. The van der Waals surface area contributed by atoms with Crippen LogP contribution in [-0.4, -0.2) is 61.0 Å². The second kappa shape index (κ2) is 8.16. The van der Waals surface area contributed by atoms with Gasteiger partial charge >= 0.3 is 0 Å². The summed E-state index contributed by atoms with van der Waals surface area (Å²) in [6, 6.07) is 6.84. The molecule has 0 unspecified atom stereocenters. The summed E-state index contributed by atoms with van der Waals surface area (Å²) < 4.78 is 16.0. The highest BCUT2D eigenvalue weighted by atomic mass is 16.5. The molecule has 0 spiro atoms. The van der Waals surface area contributed by atoms with Gasteiger partial charge in [-0.25, -0.2) is 0 Å². The van der Waals surface area contributed by atoms with E-state index in [1.807, 2.05) is 13.8 Å². The number of hydrogen-bond acceptors (Lipinski definition) is 5. The number of nitrogens with zero attached hydrogens (tertiary/aromatic N) is 2. The van der Waals surface area contributed by atoms with Gasteiger partial charge in [0.25, 0.3) is 11.8 Å². The van der Waals surface area contributed by atoms with E-state index in [0.717, 1.165) is 0 Å². The van der Waals surface area contributed by atoms with Gasteiger partial charge in [-0.2, -0.15) is 0 Å². The highest BCUT2D eigenvalue weighted by Gasteiger charge is 2.26. The van der Waals surface area contributed by atoms with E-state index in [1.165, 1.54) is 12.5 Å². The van der Waals surface area contributed by atoms with Crippen LogP contribution >= 0.6 is 0 Å². The molecule has 1 aliphatic heterocycles. The molecule has 1 saturated heterocycles. The lowest BCUT2D eigenvalue weighted by atomic mass is 10.1. The van der Waals surface area contributed by atoms with Gasteiger partial charge in [0, 0.05) is 31.7 Å². The van der Waals surface area contributed by atoms with E-state index in [2.05, 4.69) is 0 Å². The number of furan rings is 1. The first-order valence-electron chi connectivity index (χ1n) is 8.95. The molecule has 2 aromatic rings. The van der Waals surface area contributed by atoms with Gasteiger partial charge < -0.3 is 23.7 Å². The minimum atomic E-state index is -0.0835. The molecular weight excluding hydrogens is 348 g/mol. The summed E-state index contributed by atoms with van der Waals surface area (Å²) in [5, 5.41) is 0. The summed E-state index contributed by atoms with van der Waals surface area (Å²) in [7, 11) is 1.55. The zero-order chi connectivity index (χ0) is 19.4. The Balaban J connectivity index is 1.64. The van der Waals surface area contributed by atoms with Crippen LogP contribution < -0.4 is 9.47 Å². The summed E-state index contributed by atoms with van der Waals surface area (Å²) in [6.45, 7) is 5.80. The maximum atomic E-state index is 12.8. The summed E-state index contributed by atoms with van der Waals surface area (Å²) in [4.78, 5) is 28.6. The van der Waals surface area contributed by atoms with Gasteiger partial charge in [0.15, 0.2) is 11.5 Å². The van der Waals surface area contributed by atoms with Gasteiger partial charge in [-0.3, -0.25) is 9.59 Å². The maximum Gasteiger partial charge on any atom is 0.257 e. The number of ether oxygens (including phenoxy) is 2. The third kappa shape index (κ3) is 4.24. The molecule has 1 aromatic heterocycles. The van der Waals surface area contributed by atoms with Crippen molar-refractivity contribution in [3.63, 3.8) is 0 Å². The summed E-state index contributed by atoms with van der Waals surface area (Å²) in [6.07, 6.45) is 2.93. The van der Waals surface area contributed by atoms with Crippen LogP contribution in [0.2, 0.25) is 0 Å². The molecule has 0 aliphatic carbocycles. The third-order valence-electron chi connectivity index (χ3n) is 4.40. The monoisotopic (exact) mass is 372 g/mol. The highest BCUT2D eigenvalue weighted by molar-refractivity contribution is 5.96. The van der Waals surface area contributed by atoms with Crippen LogP contribution in [-0.2, 0) is 0 Å². The standard InChI is InChI=1S/C20H24N2O5/c1-14(2)27-17-5-4-15(12-18(17)25-3)19(23)21-7-9-22(10-8-21)20(24)16-6-11-26-13-16/h4-6,11-14H,7-10H2,1-3H3. The van der Waals surface area contributed by atoms with Crippen molar-refractivity contribution < 1.29 is 23.5 Å². The van der Waals surface area contributed by atoms with Crippen LogP contribution in [0.15, 0.2) is 41.2 Å². The Morgan fingerprint density at radius 2 is 1.59 bits per heavy atom. The topological polar surface area (TPSA) is 72.2 Å². The Morgan fingerprint density at radius 3 is 2.11 bits per heavy atom. The van der Waals surface area contributed by atoms with Crippen molar-refractivity contribution in [2.45, 2.75) is 20.0 Å². The average Bonchev–Trinajstić information content (AvgIpc) is 3.21. The fraction of sp³-hybridized carbons (Fsp3) is 0.400. The normalized spacial score (nSPS) is 14.4. The number of piperazine rings is 1. The van der Waals surface area contributed by atoms with Crippen LogP contribution in [0.25, 0.3) is 0 Å². The van der Waals surface area contributed by atoms with E-state index in [9.17, 15) is 9.59 Å². The predicted octanol–water partition coefficient (Wildman–Crippen LogP) is 2.67. The fourth-order valence-electron chi connectivity index (χ4n) is 3.02. The first-order valence-corrected chi connectivity index (χ1v) is 8.95. The molecule has 7 heteroatoms. The first-order chi connectivity index (χ1) is 13.0. The van der Waals surface area contributed by atoms with E-state index >= 15 is 0 Å². The quantitative estimate of drug-likeness (QED) is 0.807. The molecule has 1 fully saturated rings. The molecule has 27 heavy (non-hydrogen) atoms. The lowest BCUT2D eigenvalue weighted by molar-refractivity contribution is 0.0535. The number of carbonyl (C=O) groups is 2. The summed E-state index contributed by atoms with van der Waals surface area (Å²) >= 11 is 0. The van der Waals surface area contributed by atoms with Gasteiger partial charge in [0.2, 0.25) is 0 Å². The molecule has 0 atom stereocenters. The molecule has 0 saturated carbocycles. The Bertz CT molecular complexity index is 793. The number of benzene rings is 1. The van der Waals surface area contributed by atoms with Crippen molar-refractivity contribution in [3.8, 4) is 11.5 Å². The maximum absolute atomic E-state index is 12.8. The summed E-state index contributed by atoms with van der Waals surface area (Å²) in [5.74, 6) is 0.982. The molecular formula is C20H24N2O5. The van der Waals surface area contributed by atoms with E-state index in [-0.39, 0.29) is 17.9 Å². The third-order valence-corrected chi connectivity index (χ3v) is 4.40.